The second-order valence-electron chi connectivity index (χ2n) is 7.15. The van der Waals surface area contributed by atoms with E-state index in [4.69, 9.17) is 0 Å². The van der Waals surface area contributed by atoms with Crippen molar-refractivity contribution in [1.29, 1.82) is 0 Å². The van der Waals surface area contributed by atoms with Gasteiger partial charge >= 0.3 is 0 Å². The molecule has 0 aliphatic carbocycles. The monoisotopic (exact) mass is 436 g/mol. The number of carbonyl (C=O) groups is 1. The molecule has 0 radical (unpaired) electrons. The molecule has 0 saturated carbocycles. The Balaban J connectivity index is 1.39. The van der Waals surface area contributed by atoms with E-state index in [1.807, 2.05) is 12.1 Å². The van der Waals surface area contributed by atoms with Gasteiger partial charge in [0.15, 0.2) is 10.8 Å². The van der Waals surface area contributed by atoms with Crippen LogP contribution in [0.2, 0.25) is 0 Å². The van der Waals surface area contributed by atoms with Gasteiger partial charge in [-0.15, -0.1) is 0 Å². The van der Waals surface area contributed by atoms with Crippen molar-refractivity contribution in [2.45, 2.75) is 24.2 Å². The van der Waals surface area contributed by atoms with E-state index in [9.17, 15) is 14.0 Å². The Morgan fingerprint density at radius 1 is 1.23 bits per heavy atom. The second-order valence-corrected chi connectivity index (χ2v) is 8.13. The summed E-state index contributed by atoms with van der Waals surface area (Å²) in [6.07, 6.45) is 5.02. The van der Waals surface area contributed by atoms with E-state index < -0.39 is 0 Å². The quantitative estimate of drug-likeness (QED) is 0.483. The van der Waals surface area contributed by atoms with Gasteiger partial charge in [-0.3, -0.25) is 19.1 Å². The summed E-state index contributed by atoms with van der Waals surface area (Å²) in [6, 6.07) is 9.24. The van der Waals surface area contributed by atoms with Crippen LogP contribution in [0.1, 0.15) is 18.0 Å². The van der Waals surface area contributed by atoms with E-state index in [1.54, 1.807) is 29.1 Å². The lowest BCUT2D eigenvalue weighted by atomic mass is 10.2. The normalized spacial score (nSPS) is 15.2. The highest BCUT2D eigenvalue weighted by molar-refractivity contribution is 7.99. The zero-order valence-electron chi connectivity index (χ0n) is 16.2. The molecule has 8 nitrogen and oxygen atoms in total. The fraction of sp³-hybridized carbons (Fsp3) is 0.190. The summed E-state index contributed by atoms with van der Waals surface area (Å²) in [5.41, 5.74) is 1.70. The summed E-state index contributed by atoms with van der Waals surface area (Å²) in [5.74, 6) is 0.0877. The molecule has 1 atom stereocenters. The number of pyridine rings is 1. The van der Waals surface area contributed by atoms with Gasteiger partial charge in [-0.05, 0) is 35.9 Å². The van der Waals surface area contributed by atoms with Crippen molar-refractivity contribution in [3.05, 3.63) is 76.7 Å². The van der Waals surface area contributed by atoms with Crippen LogP contribution < -0.4 is 10.9 Å². The molecular weight excluding hydrogens is 419 g/mol. The average Bonchev–Trinajstić information content (AvgIpc) is 3.39. The fourth-order valence-electron chi connectivity index (χ4n) is 3.54. The minimum atomic E-state index is -0.352. The standard InChI is InChI=1S/C21H17FN6O2S/c22-14-3-5-15(6-4-14)28-19-17(11-25-28)20(30)27-16(12-31-21(27)26-19)8-18(29)24-10-13-2-1-7-23-9-13/h1-7,9,11,16H,8,10,12H2,(H,24,29)/t16-/m1/s1. The van der Waals surface area contributed by atoms with Crippen LogP contribution in [-0.2, 0) is 11.3 Å². The molecule has 10 heteroatoms. The van der Waals surface area contributed by atoms with Crippen LogP contribution in [-0.4, -0.2) is 36.0 Å². The first-order chi connectivity index (χ1) is 15.1. The summed E-state index contributed by atoms with van der Waals surface area (Å²) in [7, 11) is 0. The van der Waals surface area contributed by atoms with Crippen molar-refractivity contribution in [3.63, 3.8) is 0 Å². The average molecular weight is 436 g/mol. The largest absolute Gasteiger partial charge is 0.352 e. The summed E-state index contributed by atoms with van der Waals surface area (Å²) >= 11 is 1.43. The molecule has 4 aromatic rings. The number of nitrogens with one attached hydrogen (secondary N) is 1. The number of amides is 1. The maximum absolute atomic E-state index is 13.2. The lowest BCUT2D eigenvalue weighted by Gasteiger charge is -2.13. The SMILES string of the molecule is O=C(C[C@@H]1CSc2nc3c(cnn3-c3ccc(F)cc3)c(=O)n21)NCc1cccnc1. The Labute approximate surface area is 180 Å². The number of halogens is 1. The molecule has 4 heterocycles. The first-order valence-electron chi connectivity index (χ1n) is 9.65. The van der Waals surface area contributed by atoms with Gasteiger partial charge in [0.2, 0.25) is 5.91 Å². The minimum absolute atomic E-state index is 0.142. The van der Waals surface area contributed by atoms with Crippen molar-refractivity contribution in [2.75, 3.05) is 5.75 Å². The Morgan fingerprint density at radius 2 is 2.06 bits per heavy atom. The van der Waals surface area contributed by atoms with Gasteiger partial charge in [0.05, 0.1) is 17.9 Å². The van der Waals surface area contributed by atoms with E-state index in [-0.39, 0.29) is 29.7 Å². The second kappa shape index (κ2) is 7.95. The van der Waals surface area contributed by atoms with Crippen molar-refractivity contribution >= 4 is 28.7 Å². The lowest BCUT2D eigenvalue weighted by Crippen LogP contribution is -2.30. The van der Waals surface area contributed by atoms with Crippen LogP contribution in [0.25, 0.3) is 16.7 Å². The summed E-state index contributed by atoms with van der Waals surface area (Å²) in [4.78, 5) is 34.2. The van der Waals surface area contributed by atoms with Crippen LogP contribution in [0.3, 0.4) is 0 Å². The number of nitrogens with zero attached hydrogens (tertiary/aromatic N) is 5. The maximum Gasteiger partial charge on any atom is 0.265 e. The number of thioether (sulfide) groups is 1. The van der Waals surface area contributed by atoms with E-state index in [1.165, 1.54) is 34.8 Å². The van der Waals surface area contributed by atoms with Crippen molar-refractivity contribution < 1.29 is 9.18 Å². The van der Waals surface area contributed by atoms with Gasteiger partial charge < -0.3 is 5.32 Å². The van der Waals surface area contributed by atoms with E-state index in [2.05, 4.69) is 20.4 Å². The molecule has 1 N–H and O–H groups in total. The van der Waals surface area contributed by atoms with Gasteiger partial charge in [-0.1, -0.05) is 17.8 Å². The number of rotatable bonds is 5. The lowest BCUT2D eigenvalue weighted by molar-refractivity contribution is -0.121. The van der Waals surface area contributed by atoms with E-state index >= 15 is 0 Å². The summed E-state index contributed by atoms with van der Waals surface area (Å²) in [6.45, 7) is 0.385. The number of aromatic nitrogens is 5. The minimum Gasteiger partial charge on any atom is -0.352 e. The van der Waals surface area contributed by atoms with Gasteiger partial charge in [0.1, 0.15) is 11.2 Å². The van der Waals surface area contributed by atoms with Gasteiger partial charge in [0.25, 0.3) is 5.56 Å². The third-order valence-corrected chi connectivity index (χ3v) is 6.17. The highest BCUT2D eigenvalue weighted by Crippen LogP contribution is 2.33. The molecule has 0 unspecified atom stereocenters. The van der Waals surface area contributed by atoms with Gasteiger partial charge in [-0.25, -0.2) is 14.1 Å². The van der Waals surface area contributed by atoms with Gasteiger partial charge in [0, 0.05) is 31.1 Å². The number of hydrogen-bond donors (Lipinski definition) is 1. The Morgan fingerprint density at radius 3 is 2.84 bits per heavy atom. The van der Waals surface area contributed by atoms with Crippen LogP contribution in [0.4, 0.5) is 4.39 Å². The topological polar surface area (TPSA) is 94.7 Å². The number of benzene rings is 1. The zero-order chi connectivity index (χ0) is 21.4. The molecule has 0 spiro atoms. The Kier molecular flexibility index (Phi) is 4.99. The smallest absolute Gasteiger partial charge is 0.265 e. The molecule has 1 aliphatic heterocycles. The molecular formula is C21H17FN6O2S. The Bertz CT molecular complexity index is 1320. The molecule has 5 rings (SSSR count). The van der Waals surface area contributed by atoms with Crippen molar-refractivity contribution in [3.8, 4) is 5.69 Å². The van der Waals surface area contributed by atoms with E-state index in [0.29, 0.717) is 34.2 Å². The molecule has 1 aliphatic rings. The molecule has 3 aromatic heterocycles. The predicted octanol–water partition coefficient (Wildman–Crippen LogP) is 2.47. The fourth-order valence-corrected chi connectivity index (χ4v) is 4.67. The van der Waals surface area contributed by atoms with Crippen molar-refractivity contribution in [2.24, 2.45) is 0 Å². The summed E-state index contributed by atoms with van der Waals surface area (Å²) in [5, 5.41) is 8.05. The number of carbonyl (C=O) groups excluding carboxylic acids is 1. The molecule has 0 fully saturated rings. The van der Waals surface area contributed by atoms with Crippen LogP contribution in [0.15, 0.2) is 64.9 Å². The molecule has 0 saturated heterocycles. The van der Waals surface area contributed by atoms with Crippen LogP contribution >= 0.6 is 11.8 Å². The molecule has 0 bridgehead atoms. The van der Waals surface area contributed by atoms with Gasteiger partial charge in [-0.2, -0.15) is 5.10 Å². The van der Waals surface area contributed by atoms with E-state index in [0.717, 1.165) is 5.56 Å². The van der Waals surface area contributed by atoms with Crippen molar-refractivity contribution in [1.82, 2.24) is 29.6 Å². The highest BCUT2D eigenvalue weighted by atomic mass is 32.2. The first kappa shape index (κ1) is 19.4. The molecule has 1 amide bonds. The third kappa shape index (κ3) is 3.70. The Hall–Kier alpha value is -3.53. The molecule has 31 heavy (non-hydrogen) atoms. The van der Waals surface area contributed by atoms with Crippen LogP contribution in [0.5, 0.6) is 0 Å². The number of fused-ring (bicyclic) bond motifs is 2. The third-order valence-electron chi connectivity index (χ3n) is 5.08. The predicted molar refractivity (Wildman–Crippen MR) is 114 cm³/mol. The number of hydrogen-bond acceptors (Lipinski definition) is 6. The maximum atomic E-state index is 13.2. The zero-order valence-corrected chi connectivity index (χ0v) is 17.1. The first-order valence-corrected chi connectivity index (χ1v) is 10.6. The molecule has 1 aromatic carbocycles. The summed E-state index contributed by atoms with van der Waals surface area (Å²) < 4.78 is 16.3. The highest BCUT2D eigenvalue weighted by Gasteiger charge is 2.29. The molecule has 156 valence electrons. The van der Waals surface area contributed by atoms with Crippen LogP contribution in [0, 0.1) is 5.82 Å².